The first-order chi connectivity index (χ1) is 11.0. The number of nitrogens with one attached hydrogen (secondary N) is 2. The SMILES string of the molecule is Cc1cccc(C)c1Nc1ccc(C(=O)NCCN(C)C)nn1. The Morgan fingerprint density at radius 3 is 2.35 bits per heavy atom. The van der Waals surface area contributed by atoms with Crippen molar-refractivity contribution in [3.63, 3.8) is 0 Å². The summed E-state index contributed by atoms with van der Waals surface area (Å²) in [5, 5.41) is 14.1. The largest absolute Gasteiger partial charge is 0.349 e. The lowest BCUT2D eigenvalue weighted by atomic mass is 10.1. The van der Waals surface area contributed by atoms with Crippen LogP contribution in [0.4, 0.5) is 11.5 Å². The molecule has 0 spiro atoms. The number of carbonyl (C=O) groups is 1. The van der Waals surface area contributed by atoms with Gasteiger partial charge in [-0.3, -0.25) is 4.79 Å². The minimum absolute atomic E-state index is 0.210. The van der Waals surface area contributed by atoms with Crippen LogP contribution in [0.2, 0.25) is 0 Å². The summed E-state index contributed by atoms with van der Waals surface area (Å²) in [7, 11) is 3.92. The third kappa shape index (κ3) is 4.75. The van der Waals surface area contributed by atoms with Crippen LogP contribution in [0.5, 0.6) is 0 Å². The first kappa shape index (κ1) is 16.9. The zero-order valence-electron chi connectivity index (χ0n) is 14.1. The average molecular weight is 313 g/mol. The molecule has 0 saturated carbocycles. The van der Waals surface area contributed by atoms with E-state index in [-0.39, 0.29) is 5.91 Å². The first-order valence-electron chi connectivity index (χ1n) is 7.57. The lowest BCUT2D eigenvalue weighted by Gasteiger charge is -2.12. The third-order valence-corrected chi connectivity index (χ3v) is 3.48. The molecule has 0 unspecified atom stereocenters. The number of likely N-dealkylation sites (N-methyl/N-ethyl adjacent to an activating group) is 1. The summed E-state index contributed by atoms with van der Waals surface area (Å²) in [6, 6.07) is 9.53. The highest BCUT2D eigenvalue weighted by atomic mass is 16.1. The second-order valence-corrected chi connectivity index (χ2v) is 5.75. The maximum atomic E-state index is 12.0. The number of aromatic nitrogens is 2. The van der Waals surface area contributed by atoms with Gasteiger partial charge in [-0.1, -0.05) is 18.2 Å². The van der Waals surface area contributed by atoms with E-state index < -0.39 is 0 Å². The summed E-state index contributed by atoms with van der Waals surface area (Å²) < 4.78 is 0. The summed E-state index contributed by atoms with van der Waals surface area (Å²) >= 11 is 0. The molecule has 1 heterocycles. The van der Waals surface area contributed by atoms with Gasteiger partial charge in [0.1, 0.15) is 0 Å². The molecule has 6 nitrogen and oxygen atoms in total. The minimum atomic E-state index is -0.210. The van der Waals surface area contributed by atoms with Gasteiger partial charge in [0.2, 0.25) is 0 Å². The molecule has 1 amide bonds. The summed E-state index contributed by atoms with van der Waals surface area (Å²) in [6.07, 6.45) is 0. The normalized spacial score (nSPS) is 10.7. The van der Waals surface area contributed by atoms with Crippen LogP contribution in [0.3, 0.4) is 0 Å². The summed E-state index contributed by atoms with van der Waals surface area (Å²) in [4.78, 5) is 14.0. The van der Waals surface area contributed by atoms with Crippen molar-refractivity contribution in [2.45, 2.75) is 13.8 Å². The molecule has 0 radical (unpaired) electrons. The topological polar surface area (TPSA) is 70.2 Å². The van der Waals surface area contributed by atoms with Crippen molar-refractivity contribution < 1.29 is 4.79 Å². The predicted molar refractivity (Wildman–Crippen MR) is 92.1 cm³/mol. The molecule has 0 bridgehead atoms. The fourth-order valence-corrected chi connectivity index (χ4v) is 2.14. The molecule has 122 valence electrons. The van der Waals surface area contributed by atoms with Gasteiger partial charge in [-0.15, -0.1) is 10.2 Å². The molecule has 0 fully saturated rings. The summed E-state index contributed by atoms with van der Waals surface area (Å²) in [6.45, 7) is 5.44. The number of anilines is 2. The van der Waals surface area contributed by atoms with Crippen LogP contribution in [0.1, 0.15) is 21.6 Å². The van der Waals surface area contributed by atoms with Gasteiger partial charge in [-0.2, -0.15) is 0 Å². The zero-order valence-corrected chi connectivity index (χ0v) is 14.1. The number of benzene rings is 1. The van der Waals surface area contributed by atoms with Crippen molar-refractivity contribution in [3.8, 4) is 0 Å². The van der Waals surface area contributed by atoms with E-state index in [9.17, 15) is 4.79 Å². The van der Waals surface area contributed by atoms with Gasteiger partial charge in [0.15, 0.2) is 11.5 Å². The van der Waals surface area contributed by atoms with Crippen molar-refractivity contribution in [3.05, 3.63) is 47.2 Å². The molecule has 2 N–H and O–H groups in total. The molecule has 0 aliphatic rings. The van der Waals surface area contributed by atoms with Crippen molar-refractivity contribution in [2.75, 3.05) is 32.5 Å². The number of amides is 1. The number of hydrogen-bond acceptors (Lipinski definition) is 5. The number of hydrogen-bond donors (Lipinski definition) is 2. The number of aryl methyl sites for hydroxylation is 2. The molecule has 2 rings (SSSR count). The summed E-state index contributed by atoms with van der Waals surface area (Å²) in [5.41, 5.74) is 3.61. The maximum absolute atomic E-state index is 12.0. The average Bonchev–Trinajstić information content (AvgIpc) is 2.51. The Kier molecular flexibility index (Phi) is 5.65. The van der Waals surface area contributed by atoms with E-state index in [1.165, 1.54) is 0 Å². The van der Waals surface area contributed by atoms with E-state index >= 15 is 0 Å². The van der Waals surface area contributed by atoms with Crippen LogP contribution in [-0.2, 0) is 0 Å². The van der Waals surface area contributed by atoms with Crippen LogP contribution < -0.4 is 10.6 Å². The molecular weight excluding hydrogens is 290 g/mol. The van der Waals surface area contributed by atoms with Gasteiger partial charge < -0.3 is 15.5 Å². The first-order valence-corrected chi connectivity index (χ1v) is 7.57. The van der Waals surface area contributed by atoms with E-state index in [1.807, 2.05) is 51.0 Å². The standard InChI is InChI=1S/C17H23N5O/c1-12-6-5-7-13(2)16(12)19-15-9-8-14(20-21-15)17(23)18-10-11-22(3)4/h5-9H,10-11H2,1-4H3,(H,18,23)(H,19,21). The number of nitrogens with zero attached hydrogens (tertiary/aromatic N) is 3. The lowest BCUT2D eigenvalue weighted by Crippen LogP contribution is -2.31. The van der Waals surface area contributed by atoms with Crippen LogP contribution in [-0.4, -0.2) is 48.2 Å². The highest BCUT2D eigenvalue weighted by molar-refractivity contribution is 5.92. The van der Waals surface area contributed by atoms with E-state index in [2.05, 4.69) is 20.8 Å². The molecular formula is C17H23N5O. The Balaban J connectivity index is 2.01. The minimum Gasteiger partial charge on any atom is -0.349 e. The van der Waals surface area contributed by atoms with E-state index in [1.54, 1.807) is 12.1 Å². The molecule has 2 aromatic rings. The third-order valence-electron chi connectivity index (χ3n) is 3.48. The highest BCUT2D eigenvalue weighted by Gasteiger charge is 2.09. The maximum Gasteiger partial charge on any atom is 0.271 e. The van der Waals surface area contributed by atoms with Gasteiger partial charge in [-0.05, 0) is 51.2 Å². The molecule has 0 atom stereocenters. The monoisotopic (exact) mass is 313 g/mol. The Morgan fingerprint density at radius 1 is 1.09 bits per heavy atom. The second-order valence-electron chi connectivity index (χ2n) is 5.75. The number of para-hydroxylation sites is 1. The number of rotatable bonds is 6. The molecule has 0 aliphatic carbocycles. The molecule has 0 aliphatic heterocycles. The van der Waals surface area contributed by atoms with Crippen molar-refractivity contribution in [1.82, 2.24) is 20.4 Å². The van der Waals surface area contributed by atoms with E-state index in [0.717, 1.165) is 23.4 Å². The zero-order chi connectivity index (χ0) is 16.8. The van der Waals surface area contributed by atoms with Crippen LogP contribution in [0.15, 0.2) is 30.3 Å². The van der Waals surface area contributed by atoms with Crippen molar-refractivity contribution in [1.29, 1.82) is 0 Å². The van der Waals surface area contributed by atoms with Gasteiger partial charge in [-0.25, -0.2) is 0 Å². The number of carbonyl (C=O) groups excluding carboxylic acids is 1. The van der Waals surface area contributed by atoms with Crippen LogP contribution in [0.25, 0.3) is 0 Å². The van der Waals surface area contributed by atoms with E-state index in [4.69, 9.17) is 0 Å². The lowest BCUT2D eigenvalue weighted by molar-refractivity contribution is 0.0945. The fraction of sp³-hybridized carbons (Fsp3) is 0.353. The highest BCUT2D eigenvalue weighted by Crippen LogP contribution is 2.22. The molecule has 23 heavy (non-hydrogen) atoms. The Bertz CT molecular complexity index is 647. The molecule has 0 saturated heterocycles. The van der Waals surface area contributed by atoms with Crippen LogP contribution in [0, 0.1) is 13.8 Å². The Hall–Kier alpha value is -2.47. The molecule has 6 heteroatoms. The quantitative estimate of drug-likeness (QED) is 0.855. The predicted octanol–water partition coefficient (Wildman–Crippen LogP) is 2.13. The smallest absolute Gasteiger partial charge is 0.271 e. The van der Waals surface area contributed by atoms with Gasteiger partial charge in [0.25, 0.3) is 5.91 Å². The Labute approximate surface area is 136 Å². The van der Waals surface area contributed by atoms with Crippen molar-refractivity contribution >= 4 is 17.4 Å². The van der Waals surface area contributed by atoms with Gasteiger partial charge >= 0.3 is 0 Å². The summed E-state index contributed by atoms with van der Waals surface area (Å²) in [5.74, 6) is 0.408. The van der Waals surface area contributed by atoms with Crippen molar-refractivity contribution in [2.24, 2.45) is 0 Å². The molecule has 1 aromatic carbocycles. The molecule has 1 aromatic heterocycles. The van der Waals surface area contributed by atoms with Gasteiger partial charge in [0.05, 0.1) is 0 Å². The van der Waals surface area contributed by atoms with E-state index in [0.29, 0.717) is 18.1 Å². The van der Waals surface area contributed by atoms with Gasteiger partial charge in [0, 0.05) is 18.8 Å². The van der Waals surface area contributed by atoms with Crippen LogP contribution >= 0.6 is 0 Å². The Morgan fingerprint density at radius 2 is 1.78 bits per heavy atom. The second kappa shape index (κ2) is 7.69. The fourth-order valence-electron chi connectivity index (χ4n) is 2.14.